The summed E-state index contributed by atoms with van der Waals surface area (Å²) in [5, 5.41) is 9.03. The Morgan fingerprint density at radius 1 is 1.24 bits per heavy atom. The molecule has 0 radical (unpaired) electrons. The second-order valence-electron chi connectivity index (χ2n) is 5.54. The average Bonchev–Trinajstić information content (AvgIpc) is 2.25. The highest BCUT2D eigenvalue weighted by molar-refractivity contribution is 5.69. The first-order valence-electron chi connectivity index (χ1n) is 6.57. The molecule has 17 heavy (non-hydrogen) atoms. The van der Waals surface area contributed by atoms with Crippen LogP contribution in [0.5, 0.6) is 0 Å². The smallest absolute Gasteiger partial charge is 0.317 e. The zero-order chi connectivity index (χ0) is 13.0. The van der Waals surface area contributed by atoms with Crippen LogP contribution in [0.3, 0.4) is 0 Å². The predicted octanol–water partition coefficient (Wildman–Crippen LogP) is 1.65. The van der Waals surface area contributed by atoms with Gasteiger partial charge in [0, 0.05) is 18.1 Å². The Morgan fingerprint density at radius 3 is 2.18 bits per heavy atom. The molecular formula is C13H26N2O2. The first-order valence-corrected chi connectivity index (χ1v) is 6.57. The van der Waals surface area contributed by atoms with Crippen LogP contribution in [0.15, 0.2) is 0 Å². The van der Waals surface area contributed by atoms with Gasteiger partial charge in [-0.15, -0.1) is 0 Å². The second kappa shape index (κ2) is 6.36. The maximum atomic E-state index is 11.0. The number of hydrogen-bond acceptors (Lipinski definition) is 3. The third-order valence-electron chi connectivity index (χ3n) is 3.76. The van der Waals surface area contributed by atoms with Gasteiger partial charge in [0.25, 0.3) is 0 Å². The molecule has 1 fully saturated rings. The van der Waals surface area contributed by atoms with Gasteiger partial charge in [0.05, 0.1) is 6.54 Å². The third kappa shape index (κ3) is 3.96. The Kier molecular flexibility index (Phi) is 5.40. The van der Waals surface area contributed by atoms with E-state index in [1.54, 1.807) is 0 Å². The van der Waals surface area contributed by atoms with Crippen molar-refractivity contribution in [2.24, 2.45) is 0 Å². The van der Waals surface area contributed by atoms with Gasteiger partial charge in [0.15, 0.2) is 0 Å². The molecule has 0 aromatic rings. The van der Waals surface area contributed by atoms with Crippen molar-refractivity contribution < 1.29 is 9.90 Å². The summed E-state index contributed by atoms with van der Waals surface area (Å²) in [7, 11) is 4.20. The van der Waals surface area contributed by atoms with E-state index in [9.17, 15) is 4.79 Å². The van der Waals surface area contributed by atoms with Crippen LogP contribution in [0, 0.1) is 0 Å². The lowest BCUT2D eigenvalue weighted by molar-refractivity contribution is -0.140. The molecule has 0 amide bonds. The highest BCUT2D eigenvalue weighted by atomic mass is 16.4. The van der Waals surface area contributed by atoms with Gasteiger partial charge in [-0.25, -0.2) is 0 Å². The minimum absolute atomic E-state index is 0.159. The molecule has 1 N–H and O–H groups in total. The van der Waals surface area contributed by atoms with E-state index >= 15 is 0 Å². The molecule has 0 spiro atoms. The van der Waals surface area contributed by atoms with E-state index in [1.165, 1.54) is 19.3 Å². The fraction of sp³-hybridized carbons (Fsp3) is 0.923. The normalized spacial score (nSPS) is 25.8. The number of carboxylic acid groups (broad SMARTS) is 1. The van der Waals surface area contributed by atoms with Crippen LogP contribution < -0.4 is 0 Å². The lowest BCUT2D eigenvalue weighted by Crippen LogP contribution is -2.54. The average molecular weight is 242 g/mol. The summed E-state index contributed by atoms with van der Waals surface area (Å²) in [4.78, 5) is 15.4. The molecule has 4 nitrogen and oxygen atoms in total. The summed E-state index contributed by atoms with van der Waals surface area (Å²) in [5.41, 5.74) is 0. The standard InChI is InChI=1S/C13H26N2O2/c1-10(2)15(9-13(16)17)12-8-6-5-7-11(12)14(3)4/h10-12H,5-9H2,1-4H3,(H,16,17). The summed E-state index contributed by atoms with van der Waals surface area (Å²) in [6, 6.07) is 1.16. The van der Waals surface area contributed by atoms with Gasteiger partial charge >= 0.3 is 5.97 Å². The van der Waals surface area contributed by atoms with E-state index in [-0.39, 0.29) is 12.6 Å². The number of rotatable bonds is 5. The molecule has 0 aromatic carbocycles. The maximum absolute atomic E-state index is 11.0. The number of carbonyl (C=O) groups is 1. The zero-order valence-corrected chi connectivity index (χ0v) is 11.5. The number of nitrogens with zero attached hydrogens (tertiary/aromatic N) is 2. The van der Waals surface area contributed by atoms with E-state index in [2.05, 4.69) is 37.7 Å². The minimum Gasteiger partial charge on any atom is -0.480 e. The van der Waals surface area contributed by atoms with Crippen molar-refractivity contribution in [2.45, 2.75) is 57.7 Å². The topological polar surface area (TPSA) is 43.8 Å². The molecule has 100 valence electrons. The van der Waals surface area contributed by atoms with Crippen molar-refractivity contribution in [2.75, 3.05) is 20.6 Å². The summed E-state index contributed by atoms with van der Waals surface area (Å²) in [6.07, 6.45) is 4.78. The number of carboxylic acids is 1. The van der Waals surface area contributed by atoms with Gasteiger partial charge in [0.2, 0.25) is 0 Å². The Hall–Kier alpha value is -0.610. The van der Waals surface area contributed by atoms with E-state index < -0.39 is 5.97 Å². The molecule has 1 rings (SSSR count). The molecule has 0 heterocycles. The number of likely N-dealkylation sites (N-methyl/N-ethyl adjacent to an activating group) is 1. The van der Waals surface area contributed by atoms with Crippen LogP contribution in [-0.4, -0.2) is 59.6 Å². The predicted molar refractivity (Wildman–Crippen MR) is 69.2 cm³/mol. The Morgan fingerprint density at radius 2 is 1.76 bits per heavy atom. The summed E-state index contributed by atoms with van der Waals surface area (Å²) < 4.78 is 0. The molecule has 0 bridgehead atoms. The Balaban J connectivity index is 2.78. The lowest BCUT2D eigenvalue weighted by atomic mass is 9.87. The second-order valence-corrected chi connectivity index (χ2v) is 5.54. The molecule has 2 atom stereocenters. The van der Waals surface area contributed by atoms with Crippen LogP contribution in [0.2, 0.25) is 0 Å². The molecular weight excluding hydrogens is 216 g/mol. The van der Waals surface area contributed by atoms with Gasteiger partial charge in [-0.2, -0.15) is 0 Å². The van der Waals surface area contributed by atoms with Crippen molar-refractivity contribution in [3.8, 4) is 0 Å². The molecule has 1 saturated carbocycles. The van der Waals surface area contributed by atoms with Crippen molar-refractivity contribution in [1.29, 1.82) is 0 Å². The SMILES string of the molecule is CC(C)N(CC(=O)O)C1CCCCC1N(C)C. The first kappa shape index (κ1) is 14.5. The van der Waals surface area contributed by atoms with Gasteiger partial charge in [-0.1, -0.05) is 12.8 Å². The first-order chi connectivity index (χ1) is 7.93. The van der Waals surface area contributed by atoms with E-state index in [0.29, 0.717) is 12.1 Å². The van der Waals surface area contributed by atoms with E-state index in [4.69, 9.17) is 5.11 Å². The van der Waals surface area contributed by atoms with Crippen LogP contribution in [-0.2, 0) is 4.79 Å². The Labute approximate surface area is 105 Å². The van der Waals surface area contributed by atoms with Gasteiger partial charge in [-0.05, 0) is 40.8 Å². The number of aliphatic carboxylic acids is 1. The molecule has 1 aliphatic carbocycles. The molecule has 4 heteroatoms. The van der Waals surface area contributed by atoms with Crippen molar-refractivity contribution in [3.63, 3.8) is 0 Å². The molecule has 0 saturated heterocycles. The molecule has 1 aliphatic rings. The summed E-state index contributed by atoms with van der Waals surface area (Å²) in [5.74, 6) is -0.721. The van der Waals surface area contributed by atoms with Crippen LogP contribution in [0.1, 0.15) is 39.5 Å². The fourth-order valence-corrected chi connectivity index (χ4v) is 2.92. The van der Waals surface area contributed by atoms with Crippen molar-refractivity contribution in [1.82, 2.24) is 9.80 Å². The molecule has 2 unspecified atom stereocenters. The van der Waals surface area contributed by atoms with Gasteiger partial charge in [-0.3, -0.25) is 9.69 Å². The van der Waals surface area contributed by atoms with Gasteiger partial charge in [0.1, 0.15) is 0 Å². The Bertz CT molecular complexity index is 254. The fourth-order valence-electron chi connectivity index (χ4n) is 2.92. The van der Waals surface area contributed by atoms with Crippen LogP contribution in [0.4, 0.5) is 0 Å². The quantitative estimate of drug-likeness (QED) is 0.796. The zero-order valence-electron chi connectivity index (χ0n) is 11.5. The van der Waals surface area contributed by atoms with Crippen LogP contribution in [0.25, 0.3) is 0 Å². The van der Waals surface area contributed by atoms with Crippen molar-refractivity contribution >= 4 is 5.97 Å². The highest BCUT2D eigenvalue weighted by Crippen LogP contribution is 2.27. The molecule has 0 aromatic heterocycles. The van der Waals surface area contributed by atoms with E-state index in [0.717, 1.165) is 6.42 Å². The summed E-state index contributed by atoms with van der Waals surface area (Å²) >= 11 is 0. The highest BCUT2D eigenvalue weighted by Gasteiger charge is 2.33. The van der Waals surface area contributed by atoms with Crippen molar-refractivity contribution in [3.05, 3.63) is 0 Å². The minimum atomic E-state index is -0.721. The number of hydrogen-bond donors (Lipinski definition) is 1. The maximum Gasteiger partial charge on any atom is 0.317 e. The largest absolute Gasteiger partial charge is 0.480 e. The van der Waals surface area contributed by atoms with E-state index in [1.807, 2.05) is 0 Å². The lowest BCUT2D eigenvalue weighted by Gasteiger charge is -2.44. The monoisotopic (exact) mass is 242 g/mol. The third-order valence-corrected chi connectivity index (χ3v) is 3.76. The summed E-state index contributed by atoms with van der Waals surface area (Å²) in [6.45, 7) is 4.33. The van der Waals surface area contributed by atoms with Gasteiger partial charge < -0.3 is 10.0 Å². The molecule has 0 aliphatic heterocycles. The van der Waals surface area contributed by atoms with Crippen LogP contribution >= 0.6 is 0 Å².